The average Bonchev–Trinajstić information content (AvgIpc) is 3.27. The SMILES string of the molecule is Cc1ccccc1OC[C@@H](O)CN(Cc1cccc(Cl)c1)C[C@@H]1CC(c2ccc(F)cc2)=NO1. The molecule has 34 heavy (non-hydrogen) atoms. The summed E-state index contributed by atoms with van der Waals surface area (Å²) in [5, 5.41) is 15.6. The van der Waals surface area contributed by atoms with Gasteiger partial charge in [-0.3, -0.25) is 4.90 Å². The van der Waals surface area contributed by atoms with Gasteiger partial charge >= 0.3 is 0 Å². The first-order valence-corrected chi connectivity index (χ1v) is 11.7. The van der Waals surface area contributed by atoms with Crippen LogP contribution in [0.5, 0.6) is 5.75 Å². The maximum Gasteiger partial charge on any atom is 0.145 e. The van der Waals surface area contributed by atoms with E-state index in [1.165, 1.54) is 12.1 Å². The van der Waals surface area contributed by atoms with E-state index in [4.69, 9.17) is 21.2 Å². The smallest absolute Gasteiger partial charge is 0.145 e. The molecule has 0 saturated heterocycles. The van der Waals surface area contributed by atoms with Crippen molar-refractivity contribution in [2.24, 2.45) is 5.16 Å². The van der Waals surface area contributed by atoms with Gasteiger partial charge in [-0.05, 0) is 53.9 Å². The molecule has 2 atom stereocenters. The Hall–Kier alpha value is -2.93. The van der Waals surface area contributed by atoms with E-state index in [2.05, 4.69) is 10.1 Å². The van der Waals surface area contributed by atoms with Crippen LogP contribution in [0.15, 0.2) is 78.0 Å². The minimum absolute atomic E-state index is 0.177. The van der Waals surface area contributed by atoms with E-state index in [9.17, 15) is 9.50 Å². The largest absolute Gasteiger partial charge is 0.491 e. The number of hydrogen-bond acceptors (Lipinski definition) is 5. The molecule has 0 aliphatic carbocycles. The fraction of sp³-hybridized carbons (Fsp3) is 0.296. The number of oxime groups is 1. The molecule has 178 valence electrons. The van der Waals surface area contributed by atoms with Gasteiger partial charge in [-0.15, -0.1) is 0 Å². The number of benzene rings is 3. The summed E-state index contributed by atoms with van der Waals surface area (Å²) in [6, 6.07) is 21.7. The van der Waals surface area contributed by atoms with E-state index in [0.717, 1.165) is 28.2 Å². The third-order valence-corrected chi connectivity index (χ3v) is 5.90. The highest BCUT2D eigenvalue weighted by Crippen LogP contribution is 2.21. The van der Waals surface area contributed by atoms with E-state index < -0.39 is 6.10 Å². The van der Waals surface area contributed by atoms with Crippen molar-refractivity contribution < 1.29 is 19.1 Å². The molecule has 0 fully saturated rings. The minimum Gasteiger partial charge on any atom is -0.491 e. The first-order valence-electron chi connectivity index (χ1n) is 11.3. The monoisotopic (exact) mass is 482 g/mol. The van der Waals surface area contributed by atoms with Crippen LogP contribution in [0.25, 0.3) is 0 Å². The first-order chi connectivity index (χ1) is 16.5. The van der Waals surface area contributed by atoms with Crippen LogP contribution >= 0.6 is 11.6 Å². The number of hydrogen-bond donors (Lipinski definition) is 1. The van der Waals surface area contributed by atoms with Crippen LogP contribution in [0.2, 0.25) is 5.02 Å². The highest BCUT2D eigenvalue weighted by atomic mass is 35.5. The summed E-state index contributed by atoms with van der Waals surface area (Å²) < 4.78 is 19.1. The Morgan fingerprint density at radius 3 is 2.71 bits per heavy atom. The van der Waals surface area contributed by atoms with Crippen molar-refractivity contribution in [2.45, 2.75) is 32.1 Å². The van der Waals surface area contributed by atoms with Crippen LogP contribution < -0.4 is 4.74 Å². The molecule has 0 unspecified atom stereocenters. The molecule has 0 amide bonds. The van der Waals surface area contributed by atoms with Gasteiger partial charge in [0.05, 0.1) is 5.71 Å². The molecule has 0 radical (unpaired) electrons. The Morgan fingerprint density at radius 1 is 1.15 bits per heavy atom. The van der Waals surface area contributed by atoms with Crippen molar-refractivity contribution in [1.82, 2.24) is 4.90 Å². The second-order valence-electron chi connectivity index (χ2n) is 8.53. The summed E-state index contributed by atoms with van der Waals surface area (Å²) in [4.78, 5) is 7.80. The van der Waals surface area contributed by atoms with Gasteiger partial charge in [0.1, 0.15) is 30.4 Å². The maximum absolute atomic E-state index is 13.3. The summed E-state index contributed by atoms with van der Waals surface area (Å²) in [6.07, 6.45) is -0.269. The summed E-state index contributed by atoms with van der Waals surface area (Å²) in [5.41, 5.74) is 3.70. The Morgan fingerprint density at radius 2 is 1.94 bits per heavy atom. The second kappa shape index (κ2) is 11.5. The number of aliphatic hydroxyl groups is 1. The molecule has 3 aromatic carbocycles. The van der Waals surface area contributed by atoms with Crippen molar-refractivity contribution in [1.29, 1.82) is 0 Å². The fourth-order valence-corrected chi connectivity index (χ4v) is 4.19. The third kappa shape index (κ3) is 6.79. The lowest BCUT2D eigenvalue weighted by Gasteiger charge is -2.27. The third-order valence-electron chi connectivity index (χ3n) is 5.66. The lowest BCUT2D eigenvalue weighted by molar-refractivity contribution is 0.0212. The quantitative estimate of drug-likeness (QED) is 0.430. The number of rotatable bonds is 10. The molecule has 0 saturated carbocycles. The molecular formula is C27H28ClFN2O3. The Labute approximate surface area is 204 Å². The summed E-state index contributed by atoms with van der Waals surface area (Å²) >= 11 is 6.18. The standard InChI is InChI=1S/C27H28ClFN2O3/c1-19-5-2-3-8-27(19)33-18-24(32)16-31(15-20-6-4-7-22(28)13-20)17-25-14-26(30-34-25)21-9-11-23(29)12-10-21/h2-13,24-25,32H,14-18H2,1H3/t24-,25-/m0/s1. The van der Waals surface area contributed by atoms with Crippen LogP contribution in [-0.4, -0.2) is 47.6 Å². The zero-order chi connectivity index (χ0) is 23.9. The molecule has 0 aromatic heterocycles. The number of para-hydroxylation sites is 1. The summed E-state index contributed by atoms with van der Waals surface area (Å²) in [5.74, 6) is 0.480. The van der Waals surface area contributed by atoms with Gasteiger partial charge in [0.15, 0.2) is 0 Å². The van der Waals surface area contributed by atoms with Gasteiger partial charge < -0.3 is 14.7 Å². The van der Waals surface area contributed by atoms with Gasteiger partial charge in [-0.25, -0.2) is 4.39 Å². The van der Waals surface area contributed by atoms with Crippen molar-refractivity contribution in [3.8, 4) is 5.75 Å². The summed E-state index contributed by atoms with van der Waals surface area (Å²) in [6.45, 7) is 3.70. The Balaban J connectivity index is 1.38. The van der Waals surface area contributed by atoms with Crippen LogP contribution in [0.3, 0.4) is 0 Å². The number of halogens is 2. The minimum atomic E-state index is -0.697. The molecule has 4 rings (SSSR count). The molecule has 1 aliphatic heterocycles. The van der Waals surface area contributed by atoms with Crippen LogP contribution in [0.1, 0.15) is 23.1 Å². The van der Waals surface area contributed by atoms with Gasteiger partial charge in [-0.1, -0.05) is 59.2 Å². The van der Waals surface area contributed by atoms with Gasteiger partial charge in [0.25, 0.3) is 0 Å². The van der Waals surface area contributed by atoms with E-state index in [-0.39, 0.29) is 18.5 Å². The van der Waals surface area contributed by atoms with Crippen LogP contribution in [-0.2, 0) is 11.4 Å². The number of aryl methyl sites for hydroxylation is 1. The van der Waals surface area contributed by atoms with E-state index in [1.807, 2.05) is 55.5 Å². The predicted molar refractivity (Wildman–Crippen MR) is 132 cm³/mol. The van der Waals surface area contributed by atoms with Gasteiger partial charge in [0.2, 0.25) is 0 Å². The van der Waals surface area contributed by atoms with E-state index in [1.54, 1.807) is 12.1 Å². The molecular weight excluding hydrogens is 455 g/mol. The Bertz CT molecular complexity index is 1120. The maximum atomic E-state index is 13.3. The van der Waals surface area contributed by atoms with Crippen molar-refractivity contribution in [2.75, 3.05) is 19.7 Å². The molecule has 0 bridgehead atoms. The van der Waals surface area contributed by atoms with Crippen molar-refractivity contribution in [3.05, 3.63) is 100 Å². The molecule has 1 N–H and O–H groups in total. The lowest BCUT2D eigenvalue weighted by atomic mass is 10.0. The number of aliphatic hydroxyl groups excluding tert-OH is 1. The molecule has 7 heteroatoms. The normalized spacial score (nSPS) is 16.3. The lowest BCUT2D eigenvalue weighted by Crippen LogP contribution is -2.39. The fourth-order valence-electron chi connectivity index (χ4n) is 3.98. The zero-order valence-corrected chi connectivity index (χ0v) is 19.8. The van der Waals surface area contributed by atoms with E-state index >= 15 is 0 Å². The highest BCUT2D eigenvalue weighted by molar-refractivity contribution is 6.30. The molecule has 1 aliphatic rings. The van der Waals surface area contributed by atoms with Crippen LogP contribution in [0.4, 0.5) is 4.39 Å². The van der Waals surface area contributed by atoms with Gasteiger partial charge in [-0.2, -0.15) is 0 Å². The second-order valence-corrected chi connectivity index (χ2v) is 8.97. The summed E-state index contributed by atoms with van der Waals surface area (Å²) in [7, 11) is 0. The molecule has 3 aromatic rings. The zero-order valence-electron chi connectivity index (χ0n) is 19.0. The highest BCUT2D eigenvalue weighted by Gasteiger charge is 2.26. The Kier molecular flexibility index (Phi) is 8.16. The molecule has 1 heterocycles. The van der Waals surface area contributed by atoms with Gasteiger partial charge in [0, 0.05) is 31.1 Å². The van der Waals surface area contributed by atoms with Crippen LogP contribution in [0, 0.1) is 12.7 Å². The van der Waals surface area contributed by atoms with Crippen molar-refractivity contribution in [3.63, 3.8) is 0 Å². The van der Waals surface area contributed by atoms with Crippen molar-refractivity contribution >= 4 is 17.3 Å². The predicted octanol–water partition coefficient (Wildman–Crippen LogP) is 5.22. The topological polar surface area (TPSA) is 54.3 Å². The first kappa shape index (κ1) is 24.2. The number of nitrogens with zero attached hydrogens (tertiary/aromatic N) is 2. The average molecular weight is 483 g/mol. The van der Waals surface area contributed by atoms with E-state index in [0.29, 0.717) is 31.1 Å². The number of ether oxygens (including phenoxy) is 1. The molecule has 5 nitrogen and oxygen atoms in total. The molecule has 0 spiro atoms.